The Bertz CT molecular complexity index is 2220. The number of likely N-dealkylation sites (N-methyl/N-ethyl adjacent to an activating group) is 1. The number of carbonyl (C=O) groups is 2. The quantitative estimate of drug-likeness (QED) is 0.0584. The summed E-state index contributed by atoms with van der Waals surface area (Å²) in [7, 11) is 13.1. The second kappa shape index (κ2) is 32.0. The van der Waals surface area contributed by atoms with Crippen LogP contribution in [0.15, 0.2) is 60.5 Å². The number of aromatic nitrogens is 3. The molecule has 2 fully saturated rings. The van der Waals surface area contributed by atoms with E-state index in [4.69, 9.17) is 19.5 Å². The minimum absolute atomic E-state index is 0.0256. The first-order chi connectivity index (χ1) is 34.5. The maximum absolute atomic E-state index is 11.5. The SMILES string of the molecule is C=C(NN1CCCCN1)C(C(C)C)N(C)C(=C)N(C)C.C=O.CCCC(C)(C)Cc1c(-c2cc(C3CCN(C)CC3)cnc2C(C)OC)n(CC)c2ccc(-c3csc(CC(C=O)CC)n3)cc12.CN.CN. The molecule has 3 unspecified atom stereocenters. The van der Waals surface area contributed by atoms with Crippen molar-refractivity contribution in [1.82, 2.24) is 45.2 Å². The fourth-order valence-electron chi connectivity index (χ4n) is 9.96. The molecule has 4 aromatic rings. The van der Waals surface area contributed by atoms with Gasteiger partial charge in [0.2, 0.25) is 0 Å². The van der Waals surface area contributed by atoms with Crippen LogP contribution in [0.2, 0.25) is 0 Å². The fourth-order valence-corrected chi connectivity index (χ4v) is 10.9. The van der Waals surface area contributed by atoms with Gasteiger partial charge in [0.25, 0.3) is 0 Å². The van der Waals surface area contributed by atoms with Gasteiger partial charge in [-0.2, -0.15) is 5.12 Å². The molecule has 72 heavy (non-hydrogen) atoms. The molecule has 15 heteroatoms. The van der Waals surface area contributed by atoms with E-state index in [0.717, 1.165) is 111 Å². The fraction of sp³-hybridized carbons (Fsp3) is 0.614. The average molecular weight is 1020 g/mol. The molecule has 0 amide bonds. The van der Waals surface area contributed by atoms with Gasteiger partial charge in [0.05, 0.1) is 40.1 Å². The number of piperidine rings is 1. The van der Waals surface area contributed by atoms with Gasteiger partial charge in [-0.05, 0) is 140 Å². The monoisotopic (exact) mass is 1020 g/mol. The smallest absolute Gasteiger partial charge is 0.123 e. The van der Waals surface area contributed by atoms with Gasteiger partial charge in [-0.1, -0.05) is 67.2 Å². The second-order valence-electron chi connectivity index (χ2n) is 20.2. The van der Waals surface area contributed by atoms with Gasteiger partial charge < -0.3 is 50.5 Å². The van der Waals surface area contributed by atoms with Crippen molar-refractivity contribution in [1.29, 1.82) is 0 Å². The number of thiazole rings is 1. The lowest BCUT2D eigenvalue weighted by Crippen LogP contribution is -2.54. The molecule has 1 aromatic carbocycles. The molecule has 0 bridgehead atoms. The summed E-state index contributed by atoms with van der Waals surface area (Å²) < 4.78 is 8.45. The zero-order chi connectivity index (χ0) is 54.3. The summed E-state index contributed by atoms with van der Waals surface area (Å²) in [6.45, 7) is 33.5. The Hall–Kier alpha value is -4.48. The molecule has 3 aromatic heterocycles. The highest BCUT2D eigenvalue weighted by Crippen LogP contribution is 2.44. The predicted octanol–water partition coefficient (Wildman–Crippen LogP) is 10.1. The summed E-state index contributed by atoms with van der Waals surface area (Å²) in [5, 5.41) is 6.53. The van der Waals surface area contributed by atoms with Gasteiger partial charge in [-0.3, -0.25) is 4.98 Å². The minimum Gasteiger partial charge on any atom is -0.375 e. The molecule has 404 valence electrons. The van der Waals surface area contributed by atoms with Crippen molar-refractivity contribution in [2.45, 2.75) is 138 Å². The average Bonchev–Trinajstić information content (AvgIpc) is 3.98. The second-order valence-corrected chi connectivity index (χ2v) is 21.1. The van der Waals surface area contributed by atoms with E-state index in [1.54, 1.807) is 18.4 Å². The van der Waals surface area contributed by atoms with Gasteiger partial charge in [-0.15, -0.1) is 11.3 Å². The highest BCUT2D eigenvalue weighted by atomic mass is 32.1. The van der Waals surface area contributed by atoms with Crippen LogP contribution in [0, 0.1) is 17.3 Å². The van der Waals surface area contributed by atoms with Crippen molar-refractivity contribution in [2.24, 2.45) is 28.7 Å². The molecule has 0 radical (unpaired) electrons. The number of nitrogens with two attached hydrogens (primary N) is 2. The number of rotatable bonds is 21. The first kappa shape index (κ1) is 63.6. The minimum atomic E-state index is -0.122. The van der Waals surface area contributed by atoms with E-state index >= 15 is 0 Å². The Balaban J connectivity index is 0.000000572. The van der Waals surface area contributed by atoms with Crippen LogP contribution in [0.3, 0.4) is 0 Å². The first-order valence-corrected chi connectivity index (χ1v) is 27.1. The summed E-state index contributed by atoms with van der Waals surface area (Å²) >= 11 is 1.66. The molecule has 6 rings (SSSR count). The number of benzene rings is 1. The normalized spacial score (nSPS) is 15.5. The maximum Gasteiger partial charge on any atom is 0.123 e. The van der Waals surface area contributed by atoms with Gasteiger partial charge >= 0.3 is 0 Å². The lowest BCUT2D eigenvalue weighted by molar-refractivity contribution is -0.111. The topological polar surface area (TPSA) is 163 Å². The van der Waals surface area contributed by atoms with Crippen LogP contribution in [0.1, 0.15) is 134 Å². The Morgan fingerprint density at radius 2 is 1.69 bits per heavy atom. The molecule has 0 aliphatic carbocycles. The third-order valence-electron chi connectivity index (χ3n) is 13.9. The number of fused-ring (bicyclic) bond motifs is 1. The van der Waals surface area contributed by atoms with E-state index < -0.39 is 0 Å². The van der Waals surface area contributed by atoms with E-state index in [-0.39, 0.29) is 23.5 Å². The number of nitrogens with zero attached hydrogens (tertiary/aromatic N) is 7. The highest BCUT2D eigenvalue weighted by molar-refractivity contribution is 7.10. The van der Waals surface area contributed by atoms with Crippen molar-refractivity contribution in [3.63, 3.8) is 0 Å². The van der Waals surface area contributed by atoms with E-state index in [1.165, 1.54) is 60.2 Å². The molecule has 0 saturated carbocycles. The Labute approximate surface area is 440 Å². The van der Waals surface area contributed by atoms with E-state index in [0.29, 0.717) is 18.3 Å². The molecule has 3 atom stereocenters. The lowest BCUT2D eigenvalue weighted by atomic mass is 9.80. The molecular weight excluding hydrogens is 919 g/mol. The Kier molecular flexibility index (Phi) is 28.3. The van der Waals surface area contributed by atoms with Crippen molar-refractivity contribution in [3.05, 3.63) is 82.3 Å². The summed E-state index contributed by atoms with van der Waals surface area (Å²) in [6, 6.07) is 9.54. The molecule has 2 saturated heterocycles. The Morgan fingerprint density at radius 1 is 1.03 bits per heavy atom. The molecule has 6 N–H and O–H groups in total. The van der Waals surface area contributed by atoms with Crippen molar-refractivity contribution < 1.29 is 14.3 Å². The van der Waals surface area contributed by atoms with E-state index in [9.17, 15) is 4.79 Å². The first-order valence-electron chi connectivity index (χ1n) is 26.2. The number of hydrogen-bond donors (Lipinski definition) is 4. The van der Waals surface area contributed by atoms with Crippen molar-refractivity contribution in [2.75, 3.05) is 75.6 Å². The molecule has 2 aliphatic rings. The van der Waals surface area contributed by atoms with E-state index in [2.05, 4.69) is 155 Å². The van der Waals surface area contributed by atoms with Crippen LogP contribution in [0.4, 0.5) is 0 Å². The molecule has 2 aliphatic heterocycles. The van der Waals surface area contributed by atoms with Gasteiger partial charge in [-0.25, -0.2) is 10.4 Å². The van der Waals surface area contributed by atoms with Gasteiger partial charge in [0.1, 0.15) is 13.1 Å². The van der Waals surface area contributed by atoms with E-state index in [1.807, 2.05) is 30.9 Å². The summed E-state index contributed by atoms with van der Waals surface area (Å²) in [5.41, 5.74) is 26.5. The number of ether oxygens (including phenoxy) is 1. The van der Waals surface area contributed by atoms with Gasteiger partial charge in [0.15, 0.2) is 0 Å². The zero-order valence-corrected chi connectivity index (χ0v) is 48.2. The Morgan fingerprint density at radius 3 is 2.24 bits per heavy atom. The predicted molar refractivity (Wildman–Crippen MR) is 306 cm³/mol. The van der Waals surface area contributed by atoms with Crippen LogP contribution in [0.25, 0.3) is 33.4 Å². The number of aryl methyl sites for hydroxylation is 1. The summed E-state index contributed by atoms with van der Waals surface area (Å²) in [6.07, 6.45) is 12.7. The molecule has 5 heterocycles. The zero-order valence-electron chi connectivity index (χ0n) is 47.4. The standard InChI is InChI=1S/C39H54N4O2S.C15H31N5.2CH5N.CH2O/c1-9-16-39(5,6)22-33-31-20-29(34-25-46-36(41-34)19-27(10-2)24-44)12-13-35(31)43(11-3)38(33)32-21-30(23-40-37(32)26(4)45-8)28-14-17-42(7)18-15-28;1-12(2)15(19(7)14(4)18(5)6)13(3)17-20-11-9-8-10-16-20;3*1-2/h12-13,20-21,23-28H,9-11,14-19,22H2,1-8H3;12,15-17H,3-4,8-11H2,1-2,5-7H3;2*2H2,1H3;1H2. The number of nitrogens with one attached hydrogen (secondary N) is 2. The third kappa shape index (κ3) is 17.3. The number of aldehydes is 1. The number of hydrogen-bond acceptors (Lipinski definition) is 14. The van der Waals surface area contributed by atoms with Crippen LogP contribution < -0.4 is 22.3 Å². The third-order valence-corrected chi connectivity index (χ3v) is 14.8. The number of likely N-dealkylation sites (tertiary alicyclic amines) is 1. The maximum atomic E-state index is 11.5. The number of carbonyl (C=O) groups excluding carboxylic acids is 2. The lowest BCUT2D eigenvalue weighted by Gasteiger charge is -2.40. The number of hydrazine groups is 2. The number of methoxy groups -OCH3 is 1. The van der Waals surface area contributed by atoms with Crippen LogP contribution in [0.5, 0.6) is 0 Å². The van der Waals surface area contributed by atoms with Crippen LogP contribution in [-0.4, -0.2) is 129 Å². The van der Waals surface area contributed by atoms with Crippen LogP contribution >= 0.6 is 11.3 Å². The summed E-state index contributed by atoms with van der Waals surface area (Å²) in [5.74, 6) is 1.98. The largest absolute Gasteiger partial charge is 0.375 e. The van der Waals surface area contributed by atoms with Crippen LogP contribution in [-0.2, 0) is 33.7 Å². The molecular formula is C57H97N11O3S. The van der Waals surface area contributed by atoms with Crippen molar-refractivity contribution >= 4 is 35.3 Å². The van der Waals surface area contributed by atoms with Crippen molar-refractivity contribution in [3.8, 4) is 22.5 Å². The molecule has 14 nitrogen and oxygen atoms in total. The molecule has 0 spiro atoms. The van der Waals surface area contributed by atoms with Gasteiger partial charge in [0, 0.05) is 99.5 Å². The number of pyridine rings is 1. The highest BCUT2D eigenvalue weighted by Gasteiger charge is 2.30. The summed E-state index contributed by atoms with van der Waals surface area (Å²) in [4.78, 5) is 36.3.